The van der Waals surface area contributed by atoms with Crippen molar-refractivity contribution >= 4 is 28.4 Å². The first-order valence-corrected chi connectivity index (χ1v) is 8.67. The van der Waals surface area contributed by atoms with E-state index in [4.69, 9.17) is 5.84 Å². The largest absolute Gasteiger partial charge is 0.356 e. The number of nitrogens with zero attached hydrogens (tertiary/aromatic N) is 3. The van der Waals surface area contributed by atoms with E-state index in [-0.39, 0.29) is 5.91 Å². The van der Waals surface area contributed by atoms with Gasteiger partial charge in [-0.1, -0.05) is 54.2 Å². The first-order chi connectivity index (χ1) is 11.6. The van der Waals surface area contributed by atoms with Crippen molar-refractivity contribution in [2.75, 3.05) is 18.1 Å². The van der Waals surface area contributed by atoms with Crippen LogP contribution in [0.2, 0.25) is 0 Å². The van der Waals surface area contributed by atoms with Crippen LogP contribution < -0.4 is 11.2 Å². The number of hydrogen-bond donors (Lipinski definition) is 2. The summed E-state index contributed by atoms with van der Waals surface area (Å²) < 4.78 is 1.53. The molecule has 0 atom stereocenters. The molecule has 124 valence electrons. The molecule has 0 saturated heterocycles. The molecule has 1 amide bonds. The Labute approximate surface area is 144 Å². The van der Waals surface area contributed by atoms with Crippen molar-refractivity contribution < 1.29 is 4.79 Å². The zero-order valence-electron chi connectivity index (χ0n) is 13.4. The predicted molar refractivity (Wildman–Crippen MR) is 96.3 cm³/mol. The maximum Gasteiger partial charge on any atom is 0.216 e. The second-order valence-corrected chi connectivity index (χ2v) is 6.48. The Balaban J connectivity index is 1.73. The molecule has 7 heteroatoms. The lowest BCUT2D eigenvalue weighted by Gasteiger charge is -2.07. The smallest absolute Gasteiger partial charge is 0.216 e. The van der Waals surface area contributed by atoms with Crippen LogP contribution in [0.4, 0.5) is 0 Å². The summed E-state index contributed by atoms with van der Waals surface area (Å²) in [6.07, 6.45) is 0.622. The van der Waals surface area contributed by atoms with Crippen molar-refractivity contribution in [2.24, 2.45) is 0 Å². The van der Waals surface area contributed by atoms with Gasteiger partial charge in [-0.15, -0.1) is 10.2 Å². The molecule has 3 N–H and O–H groups in total. The highest BCUT2D eigenvalue weighted by atomic mass is 32.2. The molecule has 0 bridgehead atoms. The summed E-state index contributed by atoms with van der Waals surface area (Å²) in [4.78, 5) is 10.9. The normalized spacial score (nSPS) is 10.9. The van der Waals surface area contributed by atoms with E-state index in [0.29, 0.717) is 29.7 Å². The molecule has 24 heavy (non-hydrogen) atoms. The van der Waals surface area contributed by atoms with E-state index in [2.05, 4.69) is 39.8 Å². The molecule has 1 heterocycles. The number of thioether (sulfide) groups is 1. The highest BCUT2D eigenvalue weighted by Crippen LogP contribution is 2.22. The van der Waals surface area contributed by atoms with Gasteiger partial charge in [0, 0.05) is 25.6 Å². The molecule has 3 aromatic rings. The van der Waals surface area contributed by atoms with Gasteiger partial charge in [0.05, 0.1) is 0 Å². The first kappa shape index (κ1) is 16.3. The van der Waals surface area contributed by atoms with Crippen molar-refractivity contribution in [2.45, 2.75) is 18.5 Å². The second kappa shape index (κ2) is 7.35. The molecule has 3 rings (SSSR count). The average Bonchev–Trinajstić information content (AvgIpc) is 2.92. The number of nitrogens with one attached hydrogen (secondary N) is 1. The predicted octanol–water partition coefficient (Wildman–Crippen LogP) is 1.96. The lowest BCUT2D eigenvalue weighted by molar-refractivity contribution is -0.118. The number of nitrogens with two attached hydrogens (primary N) is 1. The number of aromatic nitrogens is 3. The summed E-state index contributed by atoms with van der Waals surface area (Å²) in [7, 11) is 0. The van der Waals surface area contributed by atoms with Crippen LogP contribution >= 0.6 is 11.8 Å². The molecule has 6 nitrogen and oxygen atoms in total. The van der Waals surface area contributed by atoms with E-state index < -0.39 is 0 Å². The maximum atomic E-state index is 10.9. The van der Waals surface area contributed by atoms with Gasteiger partial charge < -0.3 is 11.2 Å². The Morgan fingerprint density at radius 1 is 1.21 bits per heavy atom. The van der Waals surface area contributed by atoms with Gasteiger partial charge in [0.25, 0.3) is 0 Å². The summed E-state index contributed by atoms with van der Waals surface area (Å²) in [5, 5.41) is 14.1. The molecule has 1 aromatic heterocycles. The molecule has 0 aliphatic carbocycles. The van der Waals surface area contributed by atoms with E-state index in [0.717, 1.165) is 0 Å². The number of benzene rings is 2. The highest BCUT2D eigenvalue weighted by molar-refractivity contribution is 7.99. The van der Waals surface area contributed by atoms with Gasteiger partial charge in [0.2, 0.25) is 11.1 Å². The zero-order chi connectivity index (χ0) is 16.9. The van der Waals surface area contributed by atoms with Crippen LogP contribution in [0.25, 0.3) is 10.8 Å². The number of carbonyl (C=O) groups is 1. The van der Waals surface area contributed by atoms with Crippen molar-refractivity contribution in [1.29, 1.82) is 0 Å². The van der Waals surface area contributed by atoms with Crippen LogP contribution in [0.3, 0.4) is 0 Å². The van der Waals surface area contributed by atoms with Crippen molar-refractivity contribution in [1.82, 2.24) is 20.2 Å². The molecule has 0 unspecified atom stereocenters. The van der Waals surface area contributed by atoms with Gasteiger partial charge in [-0.25, -0.2) is 4.68 Å². The van der Waals surface area contributed by atoms with Crippen molar-refractivity contribution in [3.05, 3.63) is 53.9 Å². The number of amides is 1. The third-order valence-electron chi connectivity index (χ3n) is 3.67. The van der Waals surface area contributed by atoms with Crippen LogP contribution in [-0.2, 0) is 11.2 Å². The van der Waals surface area contributed by atoms with Gasteiger partial charge in [0.15, 0.2) is 5.82 Å². The Bertz CT molecular complexity index is 856. The molecular formula is C17H19N5OS. The fourth-order valence-corrected chi connectivity index (χ4v) is 3.24. The minimum atomic E-state index is -0.0403. The monoisotopic (exact) mass is 341 g/mol. The van der Waals surface area contributed by atoms with Crippen LogP contribution in [0.5, 0.6) is 0 Å². The molecule has 0 spiro atoms. The SMILES string of the molecule is CC(=O)NCCSc1nnc(Cc2cccc3ccccc23)n1N. The third kappa shape index (κ3) is 3.68. The maximum absolute atomic E-state index is 10.9. The summed E-state index contributed by atoms with van der Waals surface area (Å²) >= 11 is 1.47. The average molecular weight is 341 g/mol. The lowest BCUT2D eigenvalue weighted by Crippen LogP contribution is -2.22. The molecule has 2 aromatic carbocycles. The molecule has 0 radical (unpaired) electrons. The van der Waals surface area contributed by atoms with Gasteiger partial charge >= 0.3 is 0 Å². The number of nitrogen functional groups attached to an aromatic ring is 1. The van der Waals surface area contributed by atoms with Crippen LogP contribution in [0, 0.1) is 0 Å². The van der Waals surface area contributed by atoms with Gasteiger partial charge in [-0.2, -0.15) is 0 Å². The number of carbonyl (C=O) groups excluding carboxylic acids is 1. The summed E-state index contributed by atoms with van der Waals surface area (Å²) in [6.45, 7) is 2.07. The molecule has 0 fully saturated rings. The Morgan fingerprint density at radius 3 is 2.83 bits per heavy atom. The first-order valence-electron chi connectivity index (χ1n) is 7.68. The van der Waals surface area contributed by atoms with E-state index in [1.807, 2.05) is 18.2 Å². The minimum absolute atomic E-state index is 0.0403. The number of fused-ring (bicyclic) bond motifs is 1. The Morgan fingerprint density at radius 2 is 2.00 bits per heavy atom. The molecule has 0 aliphatic rings. The second-order valence-electron chi connectivity index (χ2n) is 5.42. The Kier molecular flexibility index (Phi) is 5.00. The third-order valence-corrected chi connectivity index (χ3v) is 4.62. The van der Waals surface area contributed by atoms with E-state index >= 15 is 0 Å². The van der Waals surface area contributed by atoms with Crippen molar-refractivity contribution in [3.8, 4) is 0 Å². The van der Waals surface area contributed by atoms with Crippen LogP contribution in [-0.4, -0.2) is 33.1 Å². The van der Waals surface area contributed by atoms with Crippen LogP contribution in [0.15, 0.2) is 47.6 Å². The number of hydrogen-bond acceptors (Lipinski definition) is 5. The Hall–Kier alpha value is -2.54. The van der Waals surface area contributed by atoms with E-state index in [1.165, 1.54) is 39.7 Å². The van der Waals surface area contributed by atoms with E-state index in [1.54, 1.807) is 0 Å². The lowest BCUT2D eigenvalue weighted by atomic mass is 10.0. The van der Waals surface area contributed by atoms with Gasteiger partial charge in [0.1, 0.15) is 0 Å². The molecule has 0 aliphatic heterocycles. The summed E-state index contributed by atoms with van der Waals surface area (Å²) in [6, 6.07) is 14.5. The standard InChI is InChI=1S/C17H19N5OS/c1-12(23)19-9-10-24-17-21-20-16(22(17)18)11-14-7-4-6-13-5-2-3-8-15(13)14/h2-8H,9-11,18H2,1H3,(H,19,23). The van der Waals surface area contributed by atoms with Crippen LogP contribution in [0.1, 0.15) is 18.3 Å². The van der Waals surface area contributed by atoms with Crippen molar-refractivity contribution in [3.63, 3.8) is 0 Å². The zero-order valence-corrected chi connectivity index (χ0v) is 14.2. The van der Waals surface area contributed by atoms with Gasteiger partial charge in [-0.05, 0) is 16.3 Å². The highest BCUT2D eigenvalue weighted by Gasteiger charge is 2.12. The molecular weight excluding hydrogens is 322 g/mol. The summed E-state index contributed by atoms with van der Waals surface area (Å²) in [5.41, 5.74) is 1.17. The topological polar surface area (TPSA) is 85.8 Å². The minimum Gasteiger partial charge on any atom is -0.356 e. The van der Waals surface area contributed by atoms with E-state index in [9.17, 15) is 4.79 Å². The fraction of sp³-hybridized carbons (Fsp3) is 0.235. The van der Waals surface area contributed by atoms with Gasteiger partial charge in [-0.3, -0.25) is 4.79 Å². The summed E-state index contributed by atoms with van der Waals surface area (Å²) in [5.74, 6) is 7.49. The fourth-order valence-electron chi connectivity index (χ4n) is 2.51. The number of rotatable bonds is 6. The quantitative estimate of drug-likeness (QED) is 0.407. The molecule has 0 saturated carbocycles.